The first-order valence-electron chi connectivity index (χ1n) is 12.1. The van der Waals surface area contributed by atoms with Crippen LogP contribution in [0.1, 0.15) is 85.5 Å². The highest BCUT2D eigenvalue weighted by Gasteiger charge is 2.63. The van der Waals surface area contributed by atoms with Crippen LogP contribution in [0.4, 0.5) is 0 Å². The van der Waals surface area contributed by atoms with Crippen molar-refractivity contribution < 1.29 is 29.0 Å². The molecular weight excluding hydrogens is 396 g/mol. The van der Waals surface area contributed by atoms with E-state index in [0.717, 1.165) is 51.4 Å². The number of carbonyl (C=O) groups excluding carboxylic acids is 2. The van der Waals surface area contributed by atoms with Crippen LogP contribution in [-0.4, -0.2) is 35.2 Å². The monoisotopic (exact) mass is 434 g/mol. The van der Waals surface area contributed by atoms with Crippen LogP contribution in [0.3, 0.4) is 0 Å². The van der Waals surface area contributed by atoms with Crippen molar-refractivity contribution in [3.8, 4) is 0 Å². The van der Waals surface area contributed by atoms with Gasteiger partial charge in [-0.1, -0.05) is 13.8 Å². The molecule has 4 aliphatic carbocycles. The summed E-state index contributed by atoms with van der Waals surface area (Å²) in [7, 11) is 0. The molecule has 9 atom stereocenters. The number of carboxylic acid groups (broad SMARTS) is 1. The minimum absolute atomic E-state index is 0.0563. The van der Waals surface area contributed by atoms with Crippen molar-refractivity contribution in [2.24, 2.45) is 40.4 Å². The van der Waals surface area contributed by atoms with Gasteiger partial charge in [0.2, 0.25) is 0 Å². The number of fused-ring (bicyclic) bond motifs is 5. The zero-order chi connectivity index (χ0) is 22.6. The fraction of sp³-hybridized carbons (Fsp3) is 0.880. The van der Waals surface area contributed by atoms with Crippen molar-refractivity contribution in [2.45, 2.75) is 97.7 Å². The largest absolute Gasteiger partial charge is 0.481 e. The number of rotatable bonds is 4. The zero-order valence-electron chi connectivity index (χ0n) is 19.4. The molecule has 0 saturated heterocycles. The van der Waals surface area contributed by atoms with E-state index < -0.39 is 5.97 Å². The summed E-state index contributed by atoms with van der Waals surface area (Å²) in [5.74, 6) is 0.777. The maximum absolute atomic E-state index is 11.9. The van der Waals surface area contributed by atoms with E-state index in [0.29, 0.717) is 23.7 Å². The Kier molecular flexibility index (Phi) is 5.89. The third-order valence-corrected chi connectivity index (χ3v) is 9.75. The van der Waals surface area contributed by atoms with Crippen LogP contribution in [0, 0.1) is 40.4 Å². The summed E-state index contributed by atoms with van der Waals surface area (Å²) in [6, 6.07) is 0. The number of carboxylic acids is 1. The Morgan fingerprint density at radius 2 is 1.55 bits per heavy atom. The smallest absolute Gasteiger partial charge is 0.303 e. The number of ether oxygens (including phenoxy) is 2. The van der Waals surface area contributed by atoms with Crippen LogP contribution in [0.5, 0.6) is 0 Å². The van der Waals surface area contributed by atoms with Crippen molar-refractivity contribution in [1.82, 2.24) is 0 Å². The van der Waals surface area contributed by atoms with E-state index in [-0.39, 0.29) is 47.3 Å². The van der Waals surface area contributed by atoms with Crippen molar-refractivity contribution in [2.75, 3.05) is 0 Å². The Balaban J connectivity index is 1.56. The van der Waals surface area contributed by atoms with Gasteiger partial charge in [-0.2, -0.15) is 0 Å². The van der Waals surface area contributed by atoms with Gasteiger partial charge in [-0.25, -0.2) is 0 Å². The highest BCUT2D eigenvalue weighted by Crippen LogP contribution is 2.67. The van der Waals surface area contributed by atoms with Gasteiger partial charge >= 0.3 is 17.9 Å². The molecular formula is C25H38O6. The summed E-state index contributed by atoms with van der Waals surface area (Å²) in [5, 5.41) is 9.48. The first kappa shape index (κ1) is 22.6. The van der Waals surface area contributed by atoms with Crippen LogP contribution in [-0.2, 0) is 23.9 Å². The molecule has 31 heavy (non-hydrogen) atoms. The van der Waals surface area contributed by atoms with Crippen LogP contribution in [0.2, 0.25) is 0 Å². The first-order chi connectivity index (χ1) is 14.5. The average molecular weight is 435 g/mol. The fourth-order valence-electron chi connectivity index (χ4n) is 8.52. The standard InChI is InChI=1S/C25H38O6/c1-14(26)30-18-7-9-24(3)17(13-18)5-6-19-20(24)8-10-25(4)21(19)11-16(12-22(28)29)23(25)31-15(2)27/h16-21,23H,5-13H2,1-4H3,(H,28,29)/t16-,17-,18-,19-,20+,21+,23+,24+,25+/m1/s1. The predicted molar refractivity (Wildman–Crippen MR) is 114 cm³/mol. The van der Waals surface area contributed by atoms with Gasteiger partial charge in [0.25, 0.3) is 0 Å². The second-order valence-corrected chi connectivity index (χ2v) is 11.3. The molecule has 6 heteroatoms. The molecule has 0 aromatic heterocycles. The summed E-state index contributed by atoms with van der Waals surface area (Å²) < 4.78 is 11.4. The molecule has 4 fully saturated rings. The Morgan fingerprint density at radius 1 is 0.871 bits per heavy atom. The normalized spacial score (nSPS) is 46.3. The van der Waals surface area contributed by atoms with Gasteiger partial charge in [0.1, 0.15) is 12.2 Å². The molecule has 0 unspecified atom stereocenters. The summed E-state index contributed by atoms with van der Waals surface area (Å²) in [5.41, 5.74) is 0.119. The Morgan fingerprint density at radius 3 is 2.19 bits per heavy atom. The molecule has 0 spiro atoms. The molecule has 0 bridgehead atoms. The number of carbonyl (C=O) groups is 3. The van der Waals surface area contributed by atoms with Gasteiger partial charge < -0.3 is 14.6 Å². The lowest BCUT2D eigenvalue weighted by molar-refractivity contribution is -0.170. The highest BCUT2D eigenvalue weighted by atomic mass is 16.5. The van der Waals surface area contributed by atoms with Crippen LogP contribution >= 0.6 is 0 Å². The van der Waals surface area contributed by atoms with Crippen molar-refractivity contribution >= 4 is 17.9 Å². The Bertz CT molecular complexity index is 748. The molecule has 174 valence electrons. The minimum atomic E-state index is -0.805. The van der Waals surface area contributed by atoms with Crippen molar-refractivity contribution in [3.05, 3.63) is 0 Å². The van der Waals surface area contributed by atoms with Gasteiger partial charge in [0.15, 0.2) is 0 Å². The molecule has 4 saturated carbocycles. The lowest BCUT2D eigenvalue weighted by Crippen LogP contribution is -2.55. The molecule has 4 rings (SSSR count). The molecule has 0 amide bonds. The van der Waals surface area contributed by atoms with E-state index in [9.17, 15) is 19.5 Å². The first-order valence-corrected chi connectivity index (χ1v) is 12.1. The third kappa shape index (κ3) is 3.89. The number of aliphatic carboxylic acids is 1. The van der Waals surface area contributed by atoms with E-state index in [2.05, 4.69) is 13.8 Å². The lowest BCUT2D eigenvalue weighted by atomic mass is 9.45. The second-order valence-electron chi connectivity index (χ2n) is 11.3. The molecule has 4 aliphatic rings. The maximum Gasteiger partial charge on any atom is 0.303 e. The predicted octanol–water partition coefficient (Wildman–Crippen LogP) is 4.59. The summed E-state index contributed by atoms with van der Waals surface area (Å²) in [4.78, 5) is 34.9. The molecule has 1 N–H and O–H groups in total. The Hall–Kier alpha value is -1.59. The van der Waals surface area contributed by atoms with Gasteiger partial charge in [-0.15, -0.1) is 0 Å². The number of hydrogen-bond acceptors (Lipinski definition) is 5. The molecule has 0 radical (unpaired) electrons. The van der Waals surface area contributed by atoms with Gasteiger partial charge in [0.05, 0.1) is 6.42 Å². The minimum Gasteiger partial charge on any atom is -0.481 e. The number of hydrogen-bond donors (Lipinski definition) is 1. The van der Waals surface area contributed by atoms with Gasteiger partial charge in [-0.05, 0) is 80.5 Å². The second kappa shape index (κ2) is 8.08. The average Bonchev–Trinajstić information content (AvgIpc) is 2.92. The molecule has 0 aromatic carbocycles. The van der Waals surface area contributed by atoms with Gasteiger partial charge in [-0.3, -0.25) is 14.4 Å². The van der Waals surface area contributed by atoms with E-state index >= 15 is 0 Å². The van der Waals surface area contributed by atoms with Crippen LogP contribution < -0.4 is 0 Å². The summed E-state index contributed by atoms with van der Waals surface area (Å²) in [6.45, 7) is 7.64. The van der Waals surface area contributed by atoms with Crippen molar-refractivity contribution in [3.63, 3.8) is 0 Å². The lowest BCUT2D eigenvalue weighted by Gasteiger charge is -2.60. The van der Waals surface area contributed by atoms with E-state index in [4.69, 9.17) is 9.47 Å². The summed E-state index contributed by atoms with van der Waals surface area (Å²) in [6.07, 6.45) is 8.07. The molecule has 0 aromatic rings. The quantitative estimate of drug-likeness (QED) is 0.651. The van der Waals surface area contributed by atoms with E-state index in [1.807, 2.05) is 0 Å². The number of esters is 2. The maximum atomic E-state index is 11.9. The van der Waals surface area contributed by atoms with E-state index in [1.54, 1.807) is 0 Å². The molecule has 0 heterocycles. The van der Waals surface area contributed by atoms with Crippen LogP contribution in [0.15, 0.2) is 0 Å². The Labute approximate surface area is 185 Å². The van der Waals surface area contributed by atoms with Gasteiger partial charge in [0, 0.05) is 25.2 Å². The molecule has 0 aliphatic heterocycles. The summed E-state index contributed by atoms with van der Waals surface area (Å²) >= 11 is 0. The third-order valence-electron chi connectivity index (χ3n) is 9.75. The zero-order valence-corrected chi connectivity index (χ0v) is 19.4. The highest BCUT2D eigenvalue weighted by molar-refractivity contribution is 5.68. The van der Waals surface area contributed by atoms with E-state index in [1.165, 1.54) is 13.8 Å². The molecule has 6 nitrogen and oxygen atoms in total. The fourth-order valence-corrected chi connectivity index (χ4v) is 8.52. The topological polar surface area (TPSA) is 89.9 Å². The van der Waals surface area contributed by atoms with Crippen molar-refractivity contribution in [1.29, 1.82) is 0 Å². The van der Waals surface area contributed by atoms with Crippen LogP contribution in [0.25, 0.3) is 0 Å². The SMILES string of the molecule is CC(=O)O[C@@H]1CC[C@@]2(C)[C@H](CC[C@@H]3[C@@H]2CC[C@@]2(C)[C@H]3C[C@H](CC(=O)O)[C@@H]2OC(C)=O)C1.